The maximum Gasteiger partial charge on any atom is 0.105 e. The fourth-order valence-electron chi connectivity index (χ4n) is 3.12. The summed E-state index contributed by atoms with van der Waals surface area (Å²) in [4.78, 5) is 1.38. The van der Waals surface area contributed by atoms with Crippen molar-refractivity contribution in [1.82, 2.24) is 5.32 Å². The number of ether oxygens (including phenoxy) is 1. The lowest BCUT2D eigenvalue weighted by molar-refractivity contribution is -0.124. The first kappa shape index (κ1) is 11.7. The van der Waals surface area contributed by atoms with E-state index in [4.69, 9.17) is 4.74 Å². The molecule has 1 atom stereocenters. The van der Waals surface area contributed by atoms with Gasteiger partial charge in [0.2, 0.25) is 0 Å². The highest BCUT2D eigenvalue weighted by Gasteiger charge is 2.38. The Morgan fingerprint density at radius 2 is 2.06 bits per heavy atom. The normalized spacial score (nSPS) is 29.1. The van der Waals surface area contributed by atoms with E-state index >= 15 is 0 Å². The van der Waals surface area contributed by atoms with Gasteiger partial charge in [-0.2, -0.15) is 0 Å². The van der Waals surface area contributed by atoms with Crippen LogP contribution in [0.1, 0.15) is 49.5 Å². The van der Waals surface area contributed by atoms with Gasteiger partial charge in [0.1, 0.15) is 6.10 Å². The molecule has 17 heavy (non-hydrogen) atoms. The van der Waals surface area contributed by atoms with E-state index in [2.05, 4.69) is 22.8 Å². The average molecular weight is 251 g/mol. The molecule has 2 nitrogen and oxygen atoms in total. The van der Waals surface area contributed by atoms with Gasteiger partial charge in [-0.1, -0.05) is 31.7 Å². The average Bonchev–Trinajstić information content (AvgIpc) is 2.80. The summed E-state index contributed by atoms with van der Waals surface area (Å²) in [6.45, 7) is 2.02. The molecule has 0 radical (unpaired) electrons. The fourth-order valence-corrected chi connectivity index (χ4v) is 3.87. The first-order valence-electron chi connectivity index (χ1n) is 6.80. The van der Waals surface area contributed by atoms with E-state index < -0.39 is 0 Å². The van der Waals surface area contributed by atoms with Gasteiger partial charge in [-0.3, -0.25) is 0 Å². The molecule has 1 N–H and O–H groups in total. The molecular formula is C14H21NOS. The summed E-state index contributed by atoms with van der Waals surface area (Å²) in [5, 5.41) is 5.74. The molecule has 1 aromatic rings. The minimum Gasteiger partial charge on any atom is -0.364 e. The van der Waals surface area contributed by atoms with Crippen molar-refractivity contribution >= 4 is 11.3 Å². The van der Waals surface area contributed by atoms with Gasteiger partial charge in [-0.05, 0) is 24.3 Å². The molecule has 1 saturated heterocycles. The highest BCUT2D eigenvalue weighted by atomic mass is 32.1. The second kappa shape index (κ2) is 5.09. The van der Waals surface area contributed by atoms with Crippen LogP contribution in [0.15, 0.2) is 17.5 Å². The van der Waals surface area contributed by atoms with Crippen molar-refractivity contribution in [2.45, 2.75) is 50.2 Å². The minimum atomic E-state index is 0.128. The first-order chi connectivity index (χ1) is 8.38. The van der Waals surface area contributed by atoms with Crippen molar-refractivity contribution in [3.63, 3.8) is 0 Å². The molecule has 1 unspecified atom stereocenters. The number of thiophene rings is 1. The van der Waals surface area contributed by atoms with Gasteiger partial charge in [0.25, 0.3) is 0 Å². The number of hydrogen-bond acceptors (Lipinski definition) is 3. The van der Waals surface area contributed by atoms with Crippen LogP contribution in [0.25, 0.3) is 0 Å². The van der Waals surface area contributed by atoms with Gasteiger partial charge < -0.3 is 10.1 Å². The second-order valence-corrected chi connectivity index (χ2v) is 6.33. The Bertz CT molecular complexity index is 341. The van der Waals surface area contributed by atoms with E-state index in [0.29, 0.717) is 0 Å². The first-order valence-corrected chi connectivity index (χ1v) is 7.68. The molecule has 3 heteroatoms. The van der Waals surface area contributed by atoms with E-state index in [1.807, 2.05) is 11.3 Å². The highest BCUT2D eigenvalue weighted by molar-refractivity contribution is 7.10. The maximum absolute atomic E-state index is 6.49. The van der Waals surface area contributed by atoms with Crippen molar-refractivity contribution in [3.8, 4) is 0 Å². The molecular weight excluding hydrogens is 230 g/mol. The van der Waals surface area contributed by atoms with Gasteiger partial charge in [0.05, 0.1) is 5.60 Å². The zero-order chi connectivity index (χ0) is 11.6. The Balaban J connectivity index is 1.73. The lowest BCUT2D eigenvalue weighted by Gasteiger charge is -2.41. The van der Waals surface area contributed by atoms with Crippen LogP contribution in [0.4, 0.5) is 0 Å². The van der Waals surface area contributed by atoms with E-state index in [1.54, 1.807) is 0 Å². The van der Waals surface area contributed by atoms with Gasteiger partial charge in [0.15, 0.2) is 0 Å². The van der Waals surface area contributed by atoms with Crippen molar-refractivity contribution in [2.24, 2.45) is 0 Å². The molecule has 2 fully saturated rings. The van der Waals surface area contributed by atoms with Crippen molar-refractivity contribution in [2.75, 3.05) is 13.1 Å². The van der Waals surface area contributed by atoms with Crippen LogP contribution < -0.4 is 5.32 Å². The topological polar surface area (TPSA) is 21.3 Å². The van der Waals surface area contributed by atoms with Crippen molar-refractivity contribution in [3.05, 3.63) is 22.4 Å². The maximum atomic E-state index is 6.49. The number of nitrogens with one attached hydrogen (secondary N) is 1. The Morgan fingerprint density at radius 1 is 1.24 bits per heavy atom. The molecule has 0 amide bonds. The minimum absolute atomic E-state index is 0.128. The third kappa shape index (κ3) is 2.56. The van der Waals surface area contributed by atoms with Crippen LogP contribution in [0, 0.1) is 0 Å². The van der Waals surface area contributed by atoms with Crippen LogP contribution in [-0.2, 0) is 4.74 Å². The summed E-state index contributed by atoms with van der Waals surface area (Å²) in [6.07, 6.45) is 8.19. The number of morpholine rings is 1. The Labute approximate surface area is 107 Å². The molecule has 1 aliphatic carbocycles. The summed E-state index contributed by atoms with van der Waals surface area (Å²) in [6, 6.07) is 4.32. The predicted octanol–water partition coefficient (Wildman–Crippen LogP) is 3.50. The Morgan fingerprint density at radius 3 is 2.76 bits per heavy atom. The monoisotopic (exact) mass is 251 g/mol. The van der Waals surface area contributed by atoms with Crippen molar-refractivity contribution < 1.29 is 4.74 Å². The quantitative estimate of drug-likeness (QED) is 0.825. The van der Waals surface area contributed by atoms with E-state index in [1.165, 1.54) is 43.4 Å². The lowest BCUT2D eigenvalue weighted by Crippen LogP contribution is -2.50. The second-order valence-electron chi connectivity index (χ2n) is 5.35. The fraction of sp³-hybridized carbons (Fsp3) is 0.714. The number of hydrogen-bond donors (Lipinski definition) is 1. The summed E-state index contributed by atoms with van der Waals surface area (Å²) >= 11 is 1.82. The smallest absolute Gasteiger partial charge is 0.105 e. The number of rotatable bonds is 1. The van der Waals surface area contributed by atoms with Crippen molar-refractivity contribution in [1.29, 1.82) is 0 Å². The zero-order valence-electron chi connectivity index (χ0n) is 10.3. The molecule has 94 valence electrons. The summed E-state index contributed by atoms with van der Waals surface area (Å²) in [7, 11) is 0. The molecule has 1 spiro atoms. The third-order valence-electron chi connectivity index (χ3n) is 4.04. The van der Waals surface area contributed by atoms with Crippen LogP contribution >= 0.6 is 11.3 Å². The van der Waals surface area contributed by atoms with E-state index in [-0.39, 0.29) is 11.7 Å². The molecule has 1 aliphatic heterocycles. The lowest BCUT2D eigenvalue weighted by atomic mass is 9.92. The summed E-state index contributed by atoms with van der Waals surface area (Å²) in [5.74, 6) is 0. The Kier molecular flexibility index (Phi) is 3.50. The summed E-state index contributed by atoms with van der Waals surface area (Å²) in [5.41, 5.74) is 0.128. The molecule has 0 bridgehead atoms. The van der Waals surface area contributed by atoms with Crippen LogP contribution in [0.3, 0.4) is 0 Å². The van der Waals surface area contributed by atoms with Gasteiger partial charge in [-0.15, -0.1) is 11.3 Å². The van der Waals surface area contributed by atoms with E-state index in [9.17, 15) is 0 Å². The molecule has 1 aromatic heterocycles. The standard InChI is InChI=1S/C14H21NOS/c1-2-4-8-14(7-3-1)11-15-10-12(16-14)13-6-5-9-17-13/h5-6,9,12,15H,1-4,7-8,10-11H2. The Hall–Kier alpha value is -0.380. The van der Waals surface area contributed by atoms with Crippen LogP contribution in [0.2, 0.25) is 0 Å². The molecule has 2 heterocycles. The SMILES string of the molecule is c1csc(C2CNCC3(CCCCCC3)O2)c1. The van der Waals surface area contributed by atoms with Gasteiger partial charge >= 0.3 is 0 Å². The molecule has 3 rings (SSSR count). The van der Waals surface area contributed by atoms with E-state index in [0.717, 1.165) is 13.1 Å². The molecule has 0 aromatic carbocycles. The largest absolute Gasteiger partial charge is 0.364 e. The zero-order valence-corrected chi connectivity index (χ0v) is 11.1. The van der Waals surface area contributed by atoms with Gasteiger partial charge in [-0.25, -0.2) is 0 Å². The predicted molar refractivity (Wildman–Crippen MR) is 71.4 cm³/mol. The summed E-state index contributed by atoms with van der Waals surface area (Å²) < 4.78 is 6.49. The van der Waals surface area contributed by atoms with Crippen LogP contribution in [0.5, 0.6) is 0 Å². The third-order valence-corrected chi connectivity index (χ3v) is 5.01. The molecule has 1 saturated carbocycles. The van der Waals surface area contributed by atoms with Crippen LogP contribution in [-0.4, -0.2) is 18.7 Å². The highest BCUT2D eigenvalue weighted by Crippen LogP contribution is 2.37. The molecule has 2 aliphatic rings. The van der Waals surface area contributed by atoms with Gasteiger partial charge in [0, 0.05) is 18.0 Å².